The lowest BCUT2D eigenvalue weighted by atomic mass is 9.83. The Hall–Kier alpha value is -0.440. The first-order valence-corrected chi connectivity index (χ1v) is 7.43. The fourth-order valence-corrected chi connectivity index (χ4v) is 2.59. The van der Waals surface area contributed by atoms with E-state index >= 15 is 0 Å². The van der Waals surface area contributed by atoms with E-state index in [-0.39, 0.29) is 6.10 Å². The summed E-state index contributed by atoms with van der Waals surface area (Å²) in [5.74, 6) is -0.246. The summed E-state index contributed by atoms with van der Waals surface area (Å²) in [6.07, 6.45) is 3.46. The van der Waals surface area contributed by atoms with Crippen molar-refractivity contribution in [3.63, 3.8) is 0 Å². The standard InChI is InChI=1S/C14H15Cl3O2/c15-14(16,17)13(18)19-12-8-6-11(7-9-12)10-4-2-1-3-5-10/h1-5,11-12H,6-9H2. The predicted molar refractivity (Wildman–Crippen MR) is 77.8 cm³/mol. The number of benzene rings is 1. The Labute approximate surface area is 128 Å². The average molecular weight is 322 g/mol. The minimum absolute atomic E-state index is 0.136. The van der Waals surface area contributed by atoms with Crippen molar-refractivity contribution in [3.05, 3.63) is 35.9 Å². The minimum Gasteiger partial charge on any atom is -0.459 e. The second-order valence-electron chi connectivity index (χ2n) is 4.79. The molecule has 2 rings (SSSR count). The number of hydrogen-bond acceptors (Lipinski definition) is 2. The van der Waals surface area contributed by atoms with Crippen LogP contribution in [0.3, 0.4) is 0 Å². The third-order valence-electron chi connectivity index (χ3n) is 3.45. The molecule has 1 aliphatic carbocycles. The van der Waals surface area contributed by atoms with Crippen molar-refractivity contribution in [3.8, 4) is 0 Å². The highest BCUT2D eigenvalue weighted by molar-refractivity contribution is 6.75. The molecule has 0 N–H and O–H groups in total. The Bertz CT molecular complexity index is 420. The van der Waals surface area contributed by atoms with Gasteiger partial charge >= 0.3 is 5.97 Å². The van der Waals surface area contributed by atoms with Crippen LogP contribution in [0, 0.1) is 0 Å². The zero-order chi connectivity index (χ0) is 13.9. The molecule has 2 nitrogen and oxygen atoms in total. The molecule has 5 heteroatoms. The van der Waals surface area contributed by atoms with E-state index in [0.29, 0.717) is 5.92 Å². The van der Waals surface area contributed by atoms with Crippen LogP contribution in [-0.2, 0) is 9.53 Å². The molecule has 1 fully saturated rings. The number of halogens is 3. The first kappa shape index (κ1) is 15.0. The van der Waals surface area contributed by atoms with Gasteiger partial charge in [0, 0.05) is 0 Å². The minimum atomic E-state index is -1.98. The van der Waals surface area contributed by atoms with Gasteiger partial charge in [0.2, 0.25) is 0 Å². The Balaban J connectivity index is 1.85. The highest BCUT2D eigenvalue weighted by Crippen LogP contribution is 2.35. The van der Waals surface area contributed by atoms with Gasteiger partial charge in [-0.2, -0.15) is 0 Å². The highest BCUT2D eigenvalue weighted by Gasteiger charge is 2.35. The third kappa shape index (κ3) is 4.27. The lowest BCUT2D eigenvalue weighted by Crippen LogP contribution is -2.30. The van der Waals surface area contributed by atoms with Gasteiger partial charge in [-0.05, 0) is 37.2 Å². The molecule has 0 spiro atoms. The zero-order valence-corrected chi connectivity index (χ0v) is 12.6. The quantitative estimate of drug-likeness (QED) is 0.586. The summed E-state index contributed by atoms with van der Waals surface area (Å²) in [6.45, 7) is 0. The summed E-state index contributed by atoms with van der Waals surface area (Å²) in [5, 5.41) is 0. The molecule has 0 atom stereocenters. The number of carbonyl (C=O) groups excluding carboxylic acids is 1. The van der Waals surface area contributed by atoms with Crippen LogP contribution in [-0.4, -0.2) is 15.9 Å². The molecule has 19 heavy (non-hydrogen) atoms. The van der Waals surface area contributed by atoms with E-state index in [9.17, 15) is 4.79 Å². The van der Waals surface area contributed by atoms with E-state index in [1.165, 1.54) is 5.56 Å². The van der Waals surface area contributed by atoms with Crippen molar-refractivity contribution < 1.29 is 9.53 Å². The first-order chi connectivity index (χ1) is 8.97. The predicted octanol–water partition coefficient (Wildman–Crippen LogP) is 4.63. The highest BCUT2D eigenvalue weighted by atomic mass is 35.6. The molecule has 104 valence electrons. The monoisotopic (exact) mass is 320 g/mol. The number of carbonyl (C=O) groups is 1. The van der Waals surface area contributed by atoms with Crippen LogP contribution in [0.15, 0.2) is 30.3 Å². The Kier molecular flexibility index (Phi) is 4.99. The van der Waals surface area contributed by atoms with Crippen molar-refractivity contribution >= 4 is 40.8 Å². The summed E-state index contributed by atoms with van der Waals surface area (Å²) in [5.41, 5.74) is 1.34. The first-order valence-electron chi connectivity index (χ1n) is 6.29. The summed E-state index contributed by atoms with van der Waals surface area (Å²) in [6, 6.07) is 10.4. The van der Waals surface area contributed by atoms with Gasteiger partial charge < -0.3 is 4.74 Å². The van der Waals surface area contributed by atoms with Gasteiger partial charge in [0.1, 0.15) is 6.10 Å². The van der Waals surface area contributed by atoms with Gasteiger partial charge in [-0.15, -0.1) is 0 Å². The van der Waals surface area contributed by atoms with Crippen molar-refractivity contribution in [1.29, 1.82) is 0 Å². The smallest absolute Gasteiger partial charge is 0.358 e. The molecule has 0 heterocycles. The van der Waals surface area contributed by atoms with E-state index in [0.717, 1.165) is 25.7 Å². The van der Waals surface area contributed by atoms with Crippen molar-refractivity contribution in [1.82, 2.24) is 0 Å². The van der Waals surface area contributed by atoms with Gasteiger partial charge in [-0.3, -0.25) is 0 Å². The van der Waals surface area contributed by atoms with E-state index in [2.05, 4.69) is 12.1 Å². The fraction of sp³-hybridized carbons (Fsp3) is 0.500. The Morgan fingerprint density at radius 1 is 1.05 bits per heavy atom. The van der Waals surface area contributed by atoms with Gasteiger partial charge in [0.05, 0.1) is 0 Å². The molecular formula is C14H15Cl3O2. The van der Waals surface area contributed by atoms with Gasteiger partial charge in [-0.1, -0.05) is 65.1 Å². The van der Waals surface area contributed by atoms with Crippen molar-refractivity contribution in [2.24, 2.45) is 0 Å². The third-order valence-corrected chi connectivity index (χ3v) is 3.91. The maximum absolute atomic E-state index is 11.5. The van der Waals surface area contributed by atoms with Crippen LogP contribution in [0.1, 0.15) is 37.2 Å². The number of alkyl halides is 3. The van der Waals surface area contributed by atoms with Crippen molar-refractivity contribution in [2.45, 2.75) is 41.5 Å². The average Bonchev–Trinajstić information content (AvgIpc) is 2.39. The van der Waals surface area contributed by atoms with Crippen LogP contribution in [0.25, 0.3) is 0 Å². The van der Waals surface area contributed by atoms with Crippen LogP contribution in [0.2, 0.25) is 0 Å². The summed E-state index contributed by atoms with van der Waals surface area (Å²) in [4.78, 5) is 11.5. The maximum Gasteiger partial charge on any atom is 0.358 e. The summed E-state index contributed by atoms with van der Waals surface area (Å²) >= 11 is 16.5. The lowest BCUT2D eigenvalue weighted by molar-refractivity contribution is -0.149. The number of ether oxygens (including phenoxy) is 1. The van der Waals surface area contributed by atoms with Gasteiger partial charge in [0.25, 0.3) is 3.79 Å². The van der Waals surface area contributed by atoms with Crippen molar-refractivity contribution in [2.75, 3.05) is 0 Å². The second-order valence-corrected chi connectivity index (χ2v) is 7.07. The number of hydrogen-bond donors (Lipinski definition) is 0. The number of esters is 1. The van der Waals surface area contributed by atoms with Crippen LogP contribution >= 0.6 is 34.8 Å². The molecule has 0 bridgehead atoms. The molecule has 0 aliphatic heterocycles. The zero-order valence-electron chi connectivity index (χ0n) is 10.3. The molecule has 1 aliphatic rings. The normalized spacial score (nSPS) is 23.9. The molecule has 0 unspecified atom stereocenters. The molecule has 1 aromatic carbocycles. The van der Waals surface area contributed by atoms with Crippen LogP contribution in [0.5, 0.6) is 0 Å². The van der Waals surface area contributed by atoms with E-state index in [1.807, 2.05) is 18.2 Å². The SMILES string of the molecule is O=C(OC1CCC(c2ccccc2)CC1)C(Cl)(Cl)Cl. The molecule has 0 saturated heterocycles. The second kappa shape index (κ2) is 6.34. The van der Waals surface area contributed by atoms with Crippen LogP contribution < -0.4 is 0 Å². The summed E-state index contributed by atoms with van der Waals surface area (Å²) in [7, 11) is 0. The maximum atomic E-state index is 11.5. The van der Waals surface area contributed by atoms with E-state index < -0.39 is 9.76 Å². The van der Waals surface area contributed by atoms with Gasteiger partial charge in [-0.25, -0.2) is 4.79 Å². The topological polar surface area (TPSA) is 26.3 Å². The van der Waals surface area contributed by atoms with Crippen LogP contribution in [0.4, 0.5) is 0 Å². The fourth-order valence-electron chi connectivity index (χ4n) is 2.46. The number of rotatable bonds is 2. The molecule has 0 aromatic heterocycles. The summed E-state index contributed by atoms with van der Waals surface area (Å²) < 4.78 is 3.23. The molecule has 0 radical (unpaired) electrons. The molecule has 1 saturated carbocycles. The molecule has 0 amide bonds. The van der Waals surface area contributed by atoms with Gasteiger partial charge in [0.15, 0.2) is 0 Å². The molecular weight excluding hydrogens is 307 g/mol. The lowest BCUT2D eigenvalue weighted by Gasteiger charge is -2.29. The van der Waals surface area contributed by atoms with E-state index in [4.69, 9.17) is 39.5 Å². The van der Waals surface area contributed by atoms with E-state index in [1.54, 1.807) is 0 Å². The largest absolute Gasteiger partial charge is 0.459 e. The Morgan fingerprint density at radius 3 is 2.16 bits per heavy atom. The molecule has 1 aromatic rings. The Morgan fingerprint density at radius 2 is 1.63 bits per heavy atom.